The summed E-state index contributed by atoms with van der Waals surface area (Å²) >= 11 is 0. The van der Waals surface area contributed by atoms with Gasteiger partial charge in [0.2, 0.25) is 0 Å². The highest BCUT2D eigenvalue weighted by Crippen LogP contribution is 2.38. The number of phenols is 1. The minimum absolute atomic E-state index is 0.119. The van der Waals surface area contributed by atoms with Crippen LogP contribution in [0, 0.1) is 12.8 Å². The second-order valence-corrected chi connectivity index (χ2v) is 8.74. The average molecular weight is 457 g/mol. The predicted molar refractivity (Wildman–Crippen MR) is 127 cm³/mol. The first-order valence-corrected chi connectivity index (χ1v) is 11.0. The van der Waals surface area contributed by atoms with E-state index in [1.807, 2.05) is 38.1 Å². The van der Waals surface area contributed by atoms with E-state index >= 15 is 0 Å². The van der Waals surface area contributed by atoms with E-state index in [1.165, 1.54) is 5.01 Å². The van der Waals surface area contributed by atoms with Crippen LogP contribution in [0.1, 0.15) is 36.1 Å². The molecular weight excluding hydrogens is 432 g/mol. The molecule has 3 aliphatic heterocycles. The van der Waals surface area contributed by atoms with Gasteiger partial charge in [-0.3, -0.25) is 4.79 Å². The van der Waals surface area contributed by atoms with Gasteiger partial charge in [0.25, 0.3) is 5.91 Å². The first kappa shape index (κ1) is 21.6. The number of carbonyl (C=O) groups is 2. The van der Waals surface area contributed by atoms with Crippen LogP contribution in [0.2, 0.25) is 0 Å². The number of carbonyl (C=O) groups excluding carboxylic acids is 2. The number of hydrogen-bond donors (Lipinski definition) is 1. The molecular formula is C26H24N4O4. The molecule has 8 nitrogen and oxygen atoms in total. The molecule has 2 aromatic carbocycles. The Morgan fingerprint density at radius 1 is 1.06 bits per heavy atom. The van der Waals surface area contributed by atoms with Gasteiger partial charge >= 0.3 is 5.97 Å². The third kappa shape index (κ3) is 3.87. The molecule has 34 heavy (non-hydrogen) atoms. The number of phenolic OH excluding ortho intramolecular Hbond substituents is 1. The number of nitrogens with zero attached hydrogens (tertiary/aromatic N) is 4. The highest BCUT2D eigenvalue weighted by Gasteiger charge is 2.42. The number of hydrazone groups is 1. The Kier molecular flexibility index (Phi) is 5.28. The molecule has 2 atom stereocenters. The number of aryl methyl sites for hydroxylation is 1. The Labute approximate surface area is 196 Å². The lowest BCUT2D eigenvalue weighted by Crippen LogP contribution is -2.32. The van der Waals surface area contributed by atoms with E-state index in [4.69, 9.17) is 9.84 Å². The fourth-order valence-electron chi connectivity index (χ4n) is 4.51. The van der Waals surface area contributed by atoms with Gasteiger partial charge in [0.1, 0.15) is 12.4 Å². The average Bonchev–Trinajstić information content (AvgIpc) is 3.40. The van der Waals surface area contributed by atoms with Gasteiger partial charge < -0.3 is 9.84 Å². The fraction of sp³-hybridized carbons (Fsp3) is 0.231. The highest BCUT2D eigenvalue weighted by molar-refractivity contribution is 6.15. The summed E-state index contributed by atoms with van der Waals surface area (Å²) in [6.07, 6.45) is 1.96. The number of hydrogen-bond acceptors (Lipinski definition) is 6. The zero-order chi connectivity index (χ0) is 24.0. The van der Waals surface area contributed by atoms with E-state index in [0.29, 0.717) is 22.8 Å². The van der Waals surface area contributed by atoms with Crippen molar-refractivity contribution in [2.45, 2.75) is 32.8 Å². The molecule has 1 aromatic heterocycles. The molecule has 1 N–H and O–H groups in total. The summed E-state index contributed by atoms with van der Waals surface area (Å²) in [7, 11) is 0. The van der Waals surface area contributed by atoms with E-state index in [-0.39, 0.29) is 30.3 Å². The second kappa shape index (κ2) is 8.30. The number of amides is 1. The van der Waals surface area contributed by atoms with Gasteiger partial charge in [-0.2, -0.15) is 10.2 Å². The van der Waals surface area contributed by atoms with Gasteiger partial charge in [-0.1, -0.05) is 18.7 Å². The maximum absolute atomic E-state index is 13.5. The predicted octanol–water partition coefficient (Wildman–Crippen LogP) is 4.01. The topological polar surface area (TPSA) is 97.0 Å². The van der Waals surface area contributed by atoms with Crippen molar-refractivity contribution in [3.05, 3.63) is 83.7 Å². The lowest BCUT2D eigenvalue weighted by atomic mass is 9.81. The maximum atomic E-state index is 13.5. The molecule has 0 aliphatic carbocycles. The van der Waals surface area contributed by atoms with Crippen LogP contribution in [0.3, 0.4) is 0 Å². The third-order valence-electron chi connectivity index (χ3n) is 6.19. The molecule has 2 unspecified atom stereocenters. The molecule has 8 heteroatoms. The summed E-state index contributed by atoms with van der Waals surface area (Å²) in [4.78, 5) is 26.2. The van der Waals surface area contributed by atoms with Crippen molar-refractivity contribution >= 4 is 23.3 Å². The smallest absolute Gasteiger partial charge is 0.333 e. The standard InChI is InChI=1S/C26H24N4O4/c1-15-10-20(13-21(31)11-15)29-9-8-23(28-29)22-12-16(2)26(33)34-14-18-4-6-19(7-5-18)30-25(32)24(22)17(3)27-30/h4-11,13,22,24,31H,2,12,14H2,1,3H3. The number of anilines is 1. The number of fused-ring (bicyclic) bond motifs is 7. The highest BCUT2D eigenvalue weighted by atomic mass is 16.5. The molecule has 3 aliphatic rings. The summed E-state index contributed by atoms with van der Waals surface area (Å²) < 4.78 is 7.09. The van der Waals surface area contributed by atoms with Crippen molar-refractivity contribution in [1.82, 2.24) is 9.78 Å². The number of rotatable bonds is 2. The maximum Gasteiger partial charge on any atom is 0.333 e. The molecule has 3 aromatic rings. The Balaban J connectivity index is 1.57. The molecule has 1 amide bonds. The van der Waals surface area contributed by atoms with Crippen LogP contribution >= 0.6 is 0 Å². The van der Waals surface area contributed by atoms with Crippen LogP contribution in [0.5, 0.6) is 5.75 Å². The van der Waals surface area contributed by atoms with E-state index in [9.17, 15) is 14.7 Å². The summed E-state index contributed by atoms with van der Waals surface area (Å²) in [5, 5.41) is 20.7. The lowest BCUT2D eigenvalue weighted by Gasteiger charge is -2.22. The Morgan fingerprint density at radius 2 is 1.82 bits per heavy atom. The first-order valence-electron chi connectivity index (χ1n) is 11.0. The monoisotopic (exact) mass is 456 g/mol. The Bertz CT molecular complexity index is 1320. The van der Waals surface area contributed by atoms with E-state index in [0.717, 1.165) is 11.1 Å². The lowest BCUT2D eigenvalue weighted by molar-refractivity contribution is -0.140. The summed E-state index contributed by atoms with van der Waals surface area (Å²) in [6.45, 7) is 7.76. The molecule has 0 spiro atoms. The van der Waals surface area contributed by atoms with Crippen molar-refractivity contribution in [3.63, 3.8) is 0 Å². The van der Waals surface area contributed by atoms with Gasteiger partial charge in [-0.25, -0.2) is 14.5 Å². The van der Waals surface area contributed by atoms with Crippen LogP contribution < -0.4 is 5.01 Å². The number of ether oxygens (including phenoxy) is 1. The Hall–Kier alpha value is -4.20. The first-order chi connectivity index (χ1) is 16.3. The molecule has 6 rings (SSSR count). The summed E-state index contributed by atoms with van der Waals surface area (Å²) in [6, 6.07) is 14.2. The van der Waals surface area contributed by atoms with Crippen LogP contribution in [0.4, 0.5) is 5.69 Å². The van der Waals surface area contributed by atoms with Crippen molar-refractivity contribution in [2.24, 2.45) is 11.0 Å². The molecule has 4 heterocycles. The summed E-state index contributed by atoms with van der Waals surface area (Å²) in [5.74, 6) is -1.63. The van der Waals surface area contributed by atoms with Crippen molar-refractivity contribution in [3.8, 4) is 11.4 Å². The zero-order valence-electron chi connectivity index (χ0n) is 18.9. The number of aromatic hydroxyl groups is 1. The van der Waals surface area contributed by atoms with E-state index < -0.39 is 17.8 Å². The van der Waals surface area contributed by atoms with Gasteiger partial charge in [-0.15, -0.1) is 0 Å². The van der Waals surface area contributed by atoms with Crippen LogP contribution in [-0.2, 0) is 20.9 Å². The molecule has 172 valence electrons. The van der Waals surface area contributed by atoms with Crippen molar-refractivity contribution in [1.29, 1.82) is 0 Å². The van der Waals surface area contributed by atoms with E-state index in [2.05, 4.69) is 11.7 Å². The number of benzene rings is 2. The normalized spacial score (nSPS) is 20.5. The quantitative estimate of drug-likeness (QED) is 0.464. The summed E-state index contributed by atoms with van der Waals surface area (Å²) in [5.41, 5.74) is 4.57. The van der Waals surface area contributed by atoms with Gasteiger partial charge in [0.05, 0.1) is 23.0 Å². The third-order valence-corrected chi connectivity index (χ3v) is 6.19. The van der Waals surface area contributed by atoms with Crippen LogP contribution in [0.25, 0.3) is 5.69 Å². The zero-order valence-corrected chi connectivity index (χ0v) is 18.9. The minimum atomic E-state index is -0.612. The van der Waals surface area contributed by atoms with E-state index in [1.54, 1.807) is 35.1 Å². The SMILES string of the molecule is C=C1CC(c2ccn(-c3cc(C)cc(O)c3)n2)C2C(=O)N(N=C2C)c2ccc(cc2)COC1=O. The number of aromatic nitrogens is 2. The minimum Gasteiger partial charge on any atom is -0.508 e. The van der Waals surface area contributed by atoms with Gasteiger partial charge in [0.15, 0.2) is 0 Å². The molecule has 0 saturated heterocycles. The van der Waals surface area contributed by atoms with Crippen molar-refractivity contribution < 1.29 is 19.4 Å². The molecule has 4 bridgehead atoms. The van der Waals surface area contributed by atoms with Gasteiger partial charge in [0, 0.05) is 29.5 Å². The molecule has 0 saturated carbocycles. The molecule has 0 radical (unpaired) electrons. The van der Waals surface area contributed by atoms with Gasteiger partial charge in [-0.05, 0) is 61.7 Å². The largest absolute Gasteiger partial charge is 0.508 e. The fourth-order valence-corrected chi connectivity index (χ4v) is 4.51. The van der Waals surface area contributed by atoms with Crippen molar-refractivity contribution in [2.75, 3.05) is 5.01 Å². The second-order valence-electron chi connectivity index (χ2n) is 8.74. The van der Waals surface area contributed by atoms with Crippen LogP contribution in [0.15, 0.2) is 72.0 Å². The molecule has 0 fully saturated rings. The van der Waals surface area contributed by atoms with Crippen LogP contribution in [-0.4, -0.2) is 32.5 Å². The Morgan fingerprint density at radius 3 is 2.56 bits per heavy atom. The number of esters is 1.